The summed E-state index contributed by atoms with van der Waals surface area (Å²) >= 11 is 0. The van der Waals surface area contributed by atoms with Gasteiger partial charge in [-0.3, -0.25) is 4.79 Å². The molecular formula is C21H31N3O+2. The quantitative estimate of drug-likeness (QED) is 0.744. The number of carbonyl (C=O) groups excluding carboxylic acids is 1. The van der Waals surface area contributed by atoms with Crippen LogP contribution in [0.3, 0.4) is 0 Å². The second kappa shape index (κ2) is 7.54. The van der Waals surface area contributed by atoms with Crippen molar-refractivity contribution in [3.8, 4) is 0 Å². The molecule has 3 rings (SSSR count). The van der Waals surface area contributed by atoms with Gasteiger partial charge in [0.1, 0.15) is 39.3 Å². The van der Waals surface area contributed by atoms with Crippen molar-refractivity contribution in [3.05, 3.63) is 58.4 Å². The molecule has 2 N–H and O–H groups in total. The zero-order chi connectivity index (χ0) is 18.0. The summed E-state index contributed by atoms with van der Waals surface area (Å²) in [5.41, 5.74) is 5.90. The Balaban J connectivity index is 1.52. The average molecular weight is 341 g/mol. The van der Waals surface area contributed by atoms with Gasteiger partial charge in [0.15, 0.2) is 0 Å². The molecule has 0 bridgehead atoms. The topological polar surface area (TPSA) is 30.9 Å². The van der Waals surface area contributed by atoms with Crippen LogP contribution in [0.15, 0.2) is 30.3 Å². The minimum absolute atomic E-state index is 0.290. The van der Waals surface area contributed by atoms with Crippen molar-refractivity contribution in [1.29, 1.82) is 0 Å². The normalized spacial score (nSPS) is 20.6. The number of rotatable bonds is 5. The Labute approximate surface area is 151 Å². The Morgan fingerprint density at radius 3 is 2.32 bits per heavy atom. The summed E-state index contributed by atoms with van der Waals surface area (Å²) in [6.07, 6.45) is 0. The molecule has 0 spiro atoms. The molecule has 0 unspecified atom stereocenters. The molecule has 0 amide bonds. The Morgan fingerprint density at radius 1 is 1.04 bits per heavy atom. The molecule has 0 saturated carbocycles. The fraction of sp³-hybridized carbons (Fsp3) is 0.476. The van der Waals surface area contributed by atoms with E-state index in [0.717, 1.165) is 49.7 Å². The van der Waals surface area contributed by atoms with Crippen molar-refractivity contribution in [3.63, 3.8) is 0 Å². The maximum absolute atomic E-state index is 12.7. The summed E-state index contributed by atoms with van der Waals surface area (Å²) in [4.78, 5) is 15.7. The monoisotopic (exact) mass is 341 g/mol. The lowest BCUT2D eigenvalue weighted by molar-refractivity contribution is -1.01. The number of hydrogen-bond donors (Lipinski definition) is 2. The van der Waals surface area contributed by atoms with Crippen LogP contribution in [0.1, 0.15) is 32.9 Å². The van der Waals surface area contributed by atoms with Gasteiger partial charge in [0.2, 0.25) is 5.78 Å². The predicted molar refractivity (Wildman–Crippen MR) is 100 cm³/mol. The van der Waals surface area contributed by atoms with Crippen molar-refractivity contribution in [2.24, 2.45) is 7.05 Å². The molecule has 1 aromatic heterocycles. The lowest BCUT2D eigenvalue weighted by Crippen LogP contribution is -3.27. The summed E-state index contributed by atoms with van der Waals surface area (Å²) in [5.74, 6) is 0.290. The van der Waals surface area contributed by atoms with Crippen LogP contribution >= 0.6 is 0 Å². The van der Waals surface area contributed by atoms with Crippen LogP contribution in [0.25, 0.3) is 0 Å². The molecule has 134 valence electrons. The Bertz CT molecular complexity index is 754. The zero-order valence-corrected chi connectivity index (χ0v) is 16.0. The molecule has 0 aliphatic carbocycles. The van der Waals surface area contributed by atoms with Crippen LogP contribution in [0, 0.1) is 20.8 Å². The van der Waals surface area contributed by atoms with E-state index in [1.807, 2.05) is 20.0 Å². The number of hydrogen-bond acceptors (Lipinski definition) is 1. The molecule has 1 aliphatic heterocycles. The van der Waals surface area contributed by atoms with Crippen molar-refractivity contribution < 1.29 is 14.6 Å². The van der Waals surface area contributed by atoms with Crippen molar-refractivity contribution >= 4 is 5.78 Å². The van der Waals surface area contributed by atoms with Crippen LogP contribution in [0.4, 0.5) is 0 Å². The Morgan fingerprint density at radius 2 is 1.72 bits per heavy atom. The van der Waals surface area contributed by atoms with E-state index in [0.29, 0.717) is 12.3 Å². The van der Waals surface area contributed by atoms with Gasteiger partial charge in [0, 0.05) is 29.6 Å². The molecule has 0 atom stereocenters. The third kappa shape index (κ3) is 4.20. The fourth-order valence-corrected chi connectivity index (χ4v) is 3.88. The highest BCUT2D eigenvalue weighted by Crippen LogP contribution is 2.13. The molecule has 1 aromatic carbocycles. The number of carbonyl (C=O) groups is 1. The molecule has 2 heterocycles. The lowest BCUT2D eigenvalue weighted by Gasteiger charge is -2.29. The van der Waals surface area contributed by atoms with Gasteiger partial charge in [-0.15, -0.1) is 0 Å². The number of benzene rings is 1. The van der Waals surface area contributed by atoms with Gasteiger partial charge in [-0.25, -0.2) is 0 Å². The van der Waals surface area contributed by atoms with Crippen LogP contribution in [0.5, 0.6) is 0 Å². The molecule has 1 fully saturated rings. The van der Waals surface area contributed by atoms with Crippen LogP contribution in [-0.2, 0) is 13.6 Å². The summed E-state index contributed by atoms with van der Waals surface area (Å²) in [6.45, 7) is 12.4. The van der Waals surface area contributed by atoms with Gasteiger partial charge >= 0.3 is 0 Å². The van der Waals surface area contributed by atoms with E-state index in [4.69, 9.17) is 0 Å². The summed E-state index contributed by atoms with van der Waals surface area (Å²) in [5, 5.41) is 0. The summed E-state index contributed by atoms with van der Waals surface area (Å²) < 4.78 is 2.10. The average Bonchev–Trinajstić information content (AvgIpc) is 2.84. The minimum Gasteiger partial charge on any atom is -0.351 e. The maximum Gasteiger partial charge on any atom is 0.218 e. The number of nitrogens with zero attached hydrogens (tertiary/aromatic N) is 1. The number of aryl methyl sites for hydroxylation is 2. The van der Waals surface area contributed by atoms with E-state index in [1.54, 1.807) is 4.90 Å². The fourth-order valence-electron chi connectivity index (χ4n) is 3.88. The van der Waals surface area contributed by atoms with Crippen LogP contribution in [-0.4, -0.2) is 43.1 Å². The van der Waals surface area contributed by atoms with Gasteiger partial charge in [-0.05, 0) is 26.8 Å². The first-order chi connectivity index (χ1) is 11.9. The SMILES string of the molecule is Cc1cccc(C[NH+]2CC[NH+](CC(=O)c3cc(C)n(C)c3C)CC2)c1. The standard InChI is InChI=1S/C21H29N3O/c1-16-6-5-7-19(12-16)14-23-8-10-24(11-9-23)15-21(25)20-13-17(2)22(4)18(20)3/h5-7,12-13H,8-11,14-15H2,1-4H3/p+2. The van der Waals surface area contributed by atoms with Gasteiger partial charge in [-0.1, -0.05) is 29.8 Å². The van der Waals surface area contributed by atoms with E-state index in [2.05, 4.69) is 42.7 Å². The highest BCUT2D eigenvalue weighted by molar-refractivity contribution is 5.98. The lowest BCUT2D eigenvalue weighted by atomic mass is 10.1. The summed E-state index contributed by atoms with van der Waals surface area (Å²) in [6, 6.07) is 10.9. The van der Waals surface area contributed by atoms with E-state index in [1.165, 1.54) is 16.0 Å². The smallest absolute Gasteiger partial charge is 0.218 e. The zero-order valence-electron chi connectivity index (χ0n) is 16.0. The molecular weight excluding hydrogens is 310 g/mol. The number of ketones is 1. The third-order valence-corrected chi connectivity index (χ3v) is 5.69. The predicted octanol–water partition coefficient (Wildman–Crippen LogP) is 0.117. The second-order valence-electron chi connectivity index (χ2n) is 7.61. The molecule has 1 saturated heterocycles. The van der Waals surface area contributed by atoms with Crippen molar-refractivity contribution in [1.82, 2.24) is 4.57 Å². The maximum atomic E-state index is 12.7. The molecule has 1 aliphatic rings. The Hall–Kier alpha value is -1.91. The number of Topliss-reactive ketones (excluding diaryl/α,β-unsaturated/α-hetero) is 1. The van der Waals surface area contributed by atoms with Gasteiger partial charge in [0.25, 0.3) is 0 Å². The highest BCUT2D eigenvalue weighted by Gasteiger charge is 2.26. The first kappa shape index (κ1) is 17.9. The molecule has 25 heavy (non-hydrogen) atoms. The van der Waals surface area contributed by atoms with Crippen LogP contribution in [0.2, 0.25) is 0 Å². The first-order valence-corrected chi connectivity index (χ1v) is 9.33. The van der Waals surface area contributed by atoms with Crippen molar-refractivity contribution in [2.45, 2.75) is 27.3 Å². The third-order valence-electron chi connectivity index (χ3n) is 5.69. The van der Waals surface area contributed by atoms with Gasteiger partial charge in [0.05, 0.1) is 0 Å². The molecule has 4 nitrogen and oxygen atoms in total. The largest absolute Gasteiger partial charge is 0.351 e. The highest BCUT2D eigenvalue weighted by atomic mass is 16.1. The minimum atomic E-state index is 0.290. The number of aromatic nitrogens is 1. The first-order valence-electron chi connectivity index (χ1n) is 9.33. The van der Waals surface area contributed by atoms with Gasteiger partial charge < -0.3 is 14.4 Å². The number of nitrogens with one attached hydrogen (secondary N) is 2. The Kier molecular flexibility index (Phi) is 5.40. The van der Waals surface area contributed by atoms with E-state index < -0.39 is 0 Å². The van der Waals surface area contributed by atoms with Crippen molar-refractivity contribution in [2.75, 3.05) is 32.7 Å². The van der Waals surface area contributed by atoms with E-state index in [-0.39, 0.29) is 0 Å². The second-order valence-corrected chi connectivity index (χ2v) is 7.61. The number of quaternary nitrogens is 2. The van der Waals surface area contributed by atoms with Gasteiger partial charge in [-0.2, -0.15) is 0 Å². The number of piperazine rings is 1. The van der Waals surface area contributed by atoms with Crippen LogP contribution < -0.4 is 9.80 Å². The molecule has 0 radical (unpaired) electrons. The molecule has 4 heteroatoms. The molecule has 2 aromatic rings. The summed E-state index contributed by atoms with van der Waals surface area (Å²) in [7, 11) is 2.03. The van der Waals surface area contributed by atoms with E-state index in [9.17, 15) is 4.79 Å². The van der Waals surface area contributed by atoms with E-state index >= 15 is 0 Å².